The van der Waals surface area contributed by atoms with Crippen molar-refractivity contribution in [3.63, 3.8) is 0 Å². The van der Waals surface area contributed by atoms with Gasteiger partial charge in [0.25, 0.3) is 0 Å². The van der Waals surface area contributed by atoms with E-state index in [1.807, 2.05) is 13.0 Å². The van der Waals surface area contributed by atoms with Gasteiger partial charge >= 0.3 is 5.97 Å². The Morgan fingerprint density at radius 2 is 1.94 bits per heavy atom. The first-order valence-electron chi connectivity index (χ1n) is 5.88. The minimum absolute atomic E-state index is 0.523. The lowest BCUT2D eigenvalue weighted by molar-refractivity contribution is -0.132. The minimum atomic E-state index is -0.785. The van der Waals surface area contributed by atoms with Gasteiger partial charge < -0.3 is 10.0 Å². The van der Waals surface area contributed by atoms with Crippen LogP contribution in [-0.2, 0) is 4.79 Å². The summed E-state index contributed by atoms with van der Waals surface area (Å²) >= 11 is 1.79. The van der Waals surface area contributed by atoms with Crippen LogP contribution in [0.4, 0.5) is 0 Å². The van der Waals surface area contributed by atoms with Gasteiger partial charge in [0, 0.05) is 23.6 Å². The van der Waals surface area contributed by atoms with Crippen molar-refractivity contribution in [2.24, 2.45) is 0 Å². The molecule has 0 spiro atoms. The molecule has 0 heterocycles. The Bertz CT molecular complexity index is 225. The van der Waals surface area contributed by atoms with E-state index in [0.717, 1.165) is 31.1 Å². The highest BCUT2D eigenvalue weighted by Gasteiger charge is 2.03. The molecule has 0 aliphatic carbocycles. The van der Waals surface area contributed by atoms with Crippen molar-refractivity contribution in [1.82, 2.24) is 4.90 Å². The molecule has 16 heavy (non-hydrogen) atoms. The molecular weight excluding hydrogens is 222 g/mol. The third-order valence-corrected chi connectivity index (χ3v) is 3.42. The van der Waals surface area contributed by atoms with Crippen molar-refractivity contribution in [1.29, 1.82) is 0 Å². The second-order valence-electron chi connectivity index (χ2n) is 3.49. The van der Waals surface area contributed by atoms with Gasteiger partial charge in [-0.25, -0.2) is 4.79 Å². The van der Waals surface area contributed by atoms with Crippen molar-refractivity contribution >= 4 is 17.7 Å². The Morgan fingerprint density at radius 1 is 1.31 bits per heavy atom. The van der Waals surface area contributed by atoms with Crippen LogP contribution in [0.3, 0.4) is 0 Å². The van der Waals surface area contributed by atoms with Gasteiger partial charge in [-0.05, 0) is 19.5 Å². The molecule has 0 atom stereocenters. The Hall–Kier alpha value is -0.480. The molecular formula is C12H23NO2S. The van der Waals surface area contributed by atoms with E-state index < -0.39 is 5.97 Å². The number of hydrogen-bond acceptors (Lipinski definition) is 3. The monoisotopic (exact) mass is 245 g/mol. The Kier molecular flexibility index (Phi) is 9.43. The topological polar surface area (TPSA) is 40.5 Å². The predicted octanol–water partition coefficient (Wildman–Crippen LogP) is 2.48. The molecule has 0 radical (unpaired) electrons. The van der Waals surface area contributed by atoms with Gasteiger partial charge in [0.2, 0.25) is 0 Å². The molecule has 0 aromatic rings. The average molecular weight is 245 g/mol. The first kappa shape index (κ1) is 15.5. The first-order chi connectivity index (χ1) is 7.65. The van der Waals surface area contributed by atoms with Gasteiger partial charge in [-0.15, -0.1) is 0 Å². The molecule has 0 aromatic heterocycles. The third-order valence-electron chi connectivity index (χ3n) is 2.55. The molecule has 0 fully saturated rings. The number of rotatable bonds is 9. The van der Waals surface area contributed by atoms with E-state index in [9.17, 15) is 4.79 Å². The maximum absolute atomic E-state index is 10.7. The fourth-order valence-corrected chi connectivity index (χ4v) is 2.23. The van der Waals surface area contributed by atoms with Crippen LogP contribution in [0.15, 0.2) is 11.6 Å². The standard InChI is InChI=1S/C12H23NO2S/c1-4-11(12(14)15)7-9-16-10-8-13(5-2)6-3/h7H,4-6,8-10H2,1-3H3,(H,14,15). The number of thioether (sulfide) groups is 1. The van der Waals surface area contributed by atoms with Gasteiger partial charge in [0.15, 0.2) is 0 Å². The van der Waals surface area contributed by atoms with Crippen LogP contribution in [0.25, 0.3) is 0 Å². The molecule has 0 amide bonds. The lowest BCUT2D eigenvalue weighted by atomic mass is 10.2. The molecule has 0 rings (SSSR count). The minimum Gasteiger partial charge on any atom is -0.478 e. The number of carboxylic acid groups (broad SMARTS) is 1. The molecule has 4 heteroatoms. The molecule has 0 bridgehead atoms. The number of carboxylic acids is 1. The maximum Gasteiger partial charge on any atom is 0.331 e. The van der Waals surface area contributed by atoms with E-state index in [4.69, 9.17) is 5.11 Å². The summed E-state index contributed by atoms with van der Waals surface area (Å²) in [6, 6.07) is 0. The van der Waals surface area contributed by atoms with Gasteiger partial charge in [-0.2, -0.15) is 11.8 Å². The van der Waals surface area contributed by atoms with E-state index >= 15 is 0 Å². The van der Waals surface area contributed by atoms with Gasteiger partial charge in [-0.3, -0.25) is 0 Å². The molecule has 0 saturated carbocycles. The second kappa shape index (κ2) is 9.73. The first-order valence-corrected chi connectivity index (χ1v) is 7.03. The molecule has 0 aliphatic heterocycles. The van der Waals surface area contributed by atoms with E-state index in [2.05, 4.69) is 18.7 Å². The normalized spacial score (nSPS) is 12.1. The predicted molar refractivity (Wildman–Crippen MR) is 71.1 cm³/mol. The summed E-state index contributed by atoms with van der Waals surface area (Å²) in [5.41, 5.74) is 0.523. The van der Waals surface area contributed by atoms with Crippen LogP contribution in [0.1, 0.15) is 27.2 Å². The summed E-state index contributed by atoms with van der Waals surface area (Å²) in [4.78, 5) is 13.1. The van der Waals surface area contributed by atoms with Crippen molar-refractivity contribution in [2.45, 2.75) is 27.2 Å². The maximum atomic E-state index is 10.7. The largest absolute Gasteiger partial charge is 0.478 e. The summed E-state index contributed by atoms with van der Waals surface area (Å²) in [7, 11) is 0. The second-order valence-corrected chi connectivity index (χ2v) is 4.64. The van der Waals surface area contributed by atoms with E-state index in [-0.39, 0.29) is 0 Å². The van der Waals surface area contributed by atoms with Gasteiger partial charge in [0.05, 0.1) is 0 Å². The van der Waals surface area contributed by atoms with Crippen molar-refractivity contribution in [3.05, 3.63) is 11.6 Å². The summed E-state index contributed by atoms with van der Waals surface area (Å²) in [5, 5.41) is 8.81. The SMILES string of the molecule is CCC(=CCSCCN(CC)CC)C(=O)O. The molecule has 94 valence electrons. The lowest BCUT2D eigenvalue weighted by Gasteiger charge is -2.16. The van der Waals surface area contributed by atoms with E-state index in [1.165, 1.54) is 0 Å². The van der Waals surface area contributed by atoms with Gasteiger partial charge in [-0.1, -0.05) is 26.8 Å². The highest BCUT2D eigenvalue weighted by molar-refractivity contribution is 7.99. The van der Waals surface area contributed by atoms with Crippen LogP contribution in [-0.4, -0.2) is 47.1 Å². The Balaban J connectivity index is 3.70. The molecule has 0 aromatic carbocycles. The zero-order valence-corrected chi connectivity index (χ0v) is 11.3. The van der Waals surface area contributed by atoms with E-state index in [0.29, 0.717) is 12.0 Å². The molecule has 1 N–H and O–H groups in total. The molecule has 0 saturated heterocycles. The fraction of sp³-hybridized carbons (Fsp3) is 0.750. The number of carbonyl (C=O) groups is 1. The number of nitrogens with zero attached hydrogens (tertiary/aromatic N) is 1. The Morgan fingerprint density at radius 3 is 2.38 bits per heavy atom. The quantitative estimate of drug-likeness (QED) is 0.500. The lowest BCUT2D eigenvalue weighted by Crippen LogP contribution is -2.25. The number of hydrogen-bond donors (Lipinski definition) is 1. The van der Waals surface area contributed by atoms with Crippen LogP contribution >= 0.6 is 11.8 Å². The van der Waals surface area contributed by atoms with Crippen molar-refractivity contribution in [2.75, 3.05) is 31.1 Å². The molecule has 3 nitrogen and oxygen atoms in total. The molecule has 0 unspecified atom stereocenters. The van der Waals surface area contributed by atoms with Crippen molar-refractivity contribution < 1.29 is 9.90 Å². The Labute approximate surface area is 103 Å². The van der Waals surface area contributed by atoms with E-state index in [1.54, 1.807) is 11.8 Å². The third kappa shape index (κ3) is 6.90. The highest BCUT2D eigenvalue weighted by atomic mass is 32.2. The van der Waals surface area contributed by atoms with Crippen LogP contribution < -0.4 is 0 Å². The fourth-order valence-electron chi connectivity index (χ4n) is 1.36. The summed E-state index contributed by atoms with van der Waals surface area (Å²) < 4.78 is 0. The van der Waals surface area contributed by atoms with Crippen molar-refractivity contribution in [3.8, 4) is 0 Å². The van der Waals surface area contributed by atoms with Crippen LogP contribution in [0, 0.1) is 0 Å². The summed E-state index contributed by atoms with van der Waals surface area (Å²) in [6.07, 6.45) is 2.43. The van der Waals surface area contributed by atoms with Gasteiger partial charge in [0.1, 0.15) is 0 Å². The van der Waals surface area contributed by atoms with Crippen LogP contribution in [0.2, 0.25) is 0 Å². The zero-order chi connectivity index (χ0) is 12.4. The summed E-state index contributed by atoms with van der Waals surface area (Å²) in [6.45, 7) is 9.45. The smallest absolute Gasteiger partial charge is 0.331 e. The zero-order valence-electron chi connectivity index (χ0n) is 10.5. The average Bonchev–Trinajstić information content (AvgIpc) is 2.28. The molecule has 0 aliphatic rings. The summed E-state index contributed by atoms with van der Waals surface area (Å²) in [5.74, 6) is 1.08. The highest BCUT2D eigenvalue weighted by Crippen LogP contribution is 2.06. The van der Waals surface area contributed by atoms with Crippen LogP contribution in [0.5, 0.6) is 0 Å². The number of aliphatic carboxylic acids is 1.